The minimum Gasteiger partial charge on any atom is -0.502 e. The zero-order valence-corrected chi connectivity index (χ0v) is 14.8. The summed E-state index contributed by atoms with van der Waals surface area (Å²) in [5.74, 6) is -0.0582. The van der Waals surface area contributed by atoms with E-state index in [9.17, 15) is 9.90 Å². The third-order valence-electron chi connectivity index (χ3n) is 3.77. The van der Waals surface area contributed by atoms with Crippen molar-refractivity contribution in [3.8, 4) is 28.5 Å². The number of hydrazone groups is 1. The van der Waals surface area contributed by atoms with Crippen LogP contribution in [0.15, 0.2) is 53.6 Å². The predicted molar refractivity (Wildman–Crippen MR) is 100 cm³/mol. The molecule has 0 atom stereocenters. The number of rotatable bonds is 6. The first kappa shape index (κ1) is 18.0. The maximum absolute atomic E-state index is 12.2. The number of hydrogen-bond donors (Lipinski definition) is 3. The van der Waals surface area contributed by atoms with Crippen molar-refractivity contribution in [1.29, 1.82) is 0 Å². The zero-order chi connectivity index (χ0) is 19.2. The van der Waals surface area contributed by atoms with E-state index in [2.05, 4.69) is 20.7 Å². The van der Waals surface area contributed by atoms with Crippen molar-refractivity contribution in [3.63, 3.8) is 0 Å². The van der Waals surface area contributed by atoms with Crippen LogP contribution in [0.5, 0.6) is 17.2 Å². The van der Waals surface area contributed by atoms with Gasteiger partial charge in [0.2, 0.25) is 5.75 Å². The summed E-state index contributed by atoms with van der Waals surface area (Å²) in [6.07, 6.45) is 1.41. The van der Waals surface area contributed by atoms with Crippen LogP contribution in [-0.4, -0.2) is 41.6 Å². The highest BCUT2D eigenvalue weighted by atomic mass is 16.5. The lowest BCUT2D eigenvalue weighted by Gasteiger charge is -2.09. The molecular formula is C19H18N4O4. The standard InChI is InChI=1S/C19H18N4O4/c1-26-16-8-12(9-17(27-2)18(16)24)11-20-23-19(25)15-10-14(21-22-15)13-6-4-3-5-7-13/h3-11,24H,1-2H3,(H,21,22)(H,23,25). The van der Waals surface area contributed by atoms with Crippen LogP contribution in [0.4, 0.5) is 0 Å². The molecule has 0 bridgehead atoms. The van der Waals surface area contributed by atoms with Crippen LogP contribution < -0.4 is 14.9 Å². The van der Waals surface area contributed by atoms with Gasteiger partial charge in [0.25, 0.3) is 5.91 Å². The van der Waals surface area contributed by atoms with Crippen molar-refractivity contribution < 1.29 is 19.4 Å². The molecule has 0 spiro atoms. The highest BCUT2D eigenvalue weighted by Crippen LogP contribution is 2.36. The molecule has 0 aliphatic carbocycles. The van der Waals surface area contributed by atoms with Crippen molar-refractivity contribution >= 4 is 12.1 Å². The van der Waals surface area contributed by atoms with Crippen LogP contribution in [-0.2, 0) is 0 Å². The Balaban J connectivity index is 1.70. The maximum Gasteiger partial charge on any atom is 0.289 e. The van der Waals surface area contributed by atoms with Gasteiger partial charge >= 0.3 is 0 Å². The van der Waals surface area contributed by atoms with Crippen molar-refractivity contribution in [2.75, 3.05) is 14.2 Å². The van der Waals surface area contributed by atoms with Gasteiger partial charge in [0.1, 0.15) is 5.69 Å². The van der Waals surface area contributed by atoms with Crippen LogP contribution in [0, 0.1) is 0 Å². The summed E-state index contributed by atoms with van der Waals surface area (Å²) in [5, 5.41) is 20.6. The number of aromatic nitrogens is 2. The number of hydrogen-bond acceptors (Lipinski definition) is 6. The number of carbonyl (C=O) groups is 1. The van der Waals surface area contributed by atoms with Crippen LogP contribution in [0.25, 0.3) is 11.3 Å². The predicted octanol–water partition coefficient (Wildman–Crippen LogP) is 2.56. The van der Waals surface area contributed by atoms with E-state index in [1.54, 1.807) is 18.2 Å². The summed E-state index contributed by atoms with van der Waals surface area (Å²) in [6.45, 7) is 0. The second-order valence-corrected chi connectivity index (χ2v) is 5.51. The number of methoxy groups -OCH3 is 2. The first-order valence-corrected chi connectivity index (χ1v) is 8.01. The number of phenols is 1. The molecule has 1 aromatic heterocycles. The molecule has 3 N–H and O–H groups in total. The van der Waals surface area contributed by atoms with Gasteiger partial charge in [-0.05, 0) is 18.2 Å². The normalized spacial score (nSPS) is 10.7. The Morgan fingerprint density at radius 2 is 1.81 bits per heavy atom. The topological polar surface area (TPSA) is 109 Å². The van der Waals surface area contributed by atoms with Gasteiger partial charge in [0.15, 0.2) is 11.5 Å². The van der Waals surface area contributed by atoms with Gasteiger partial charge in [-0.1, -0.05) is 30.3 Å². The molecule has 0 radical (unpaired) electrons. The second-order valence-electron chi connectivity index (χ2n) is 5.51. The number of ether oxygens (including phenoxy) is 2. The molecular weight excluding hydrogens is 348 g/mol. The number of aromatic hydroxyl groups is 1. The average molecular weight is 366 g/mol. The van der Waals surface area contributed by atoms with E-state index in [-0.39, 0.29) is 22.9 Å². The SMILES string of the molecule is COc1cc(C=NNC(=O)c2cc(-c3ccccc3)n[nH]2)cc(OC)c1O. The molecule has 0 aliphatic rings. The summed E-state index contributed by atoms with van der Waals surface area (Å²) >= 11 is 0. The van der Waals surface area contributed by atoms with E-state index in [1.165, 1.54) is 20.4 Å². The lowest BCUT2D eigenvalue weighted by atomic mass is 10.1. The van der Waals surface area contributed by atoms with Gasteiger partial charge in [0.05, 0.1) is 26.1 Å². The van der Waals surface area contributed by atoms with Crippen LogP contribution in [0.3, 0.4) is 0 Å². The van der Waals surface area contributed by atoms with Gasteiger partial charge < -0.3 is 14.6 Å². The van der Waals surface area contributed by atoms with Crippen LogP contribution >= 0.6 is 0 Å². The summed E-state index contributed by atoms with van der Waals surface area (Å²) in [4.78, 5) is 12.2. The van der Waals surface area contributed by atoms with E-state index in [0.29, 0.717) is 11.3 Å². The molecule has 0 fully saturated rings. The van der Waals surface area contributed by atoms with Crippen LogP contribution in [0.2, 0.25) is 0 Å². The van der Waals surface area contributed by atoms with E-state index in [1.807, 2.05) is 30.3 Å². The first-order valence-electron chi connectivity index (χ1n) is 8.01. The molecule has 27 heavy (non-hydrogen) atoms. The van der Waals surface area contributed by atoms with Crippen LogP contribution in [0.1, 0.15) is 16.1 Å². The molecule has 2 aromatic carbocycles. The lowest BCUT2D eigenvalue weighted by molar-refractivity contribution is 0.0950. The summed E-state index contributed by atoms with van der Waals surface area (Å²) in [5.41, 5.74) is 4.85. The first-order chi connectivity index (χ1) is 13.1. The molecule has 0 saturated heterocycles. The van der Waals surface area contributed by atoms with E-state index in [4.69, 9.17) is 9.47 Å². The van der Waals surface area contributed by atoms with E-state index in [0.717, 1.165) is 5.56 Å². The Morgan fingerprint density at radius 3 is 2.44 bits per heavy atom. The third-order valence-corrected chi connectivity index (χ3v) is 3.77. The van der Waals surface area contributed by atoms with Gasteiger partial charge in [-0.15, -0.1) is 0 Å². The number of benzene rings is 2. The second kappa shape index (κ2) is 8.05. The maximum atomic E-state index is 12.2. The number of H-pyrrole nitrogens is 1. The molecule has 3 rings (SSSR count). The summed E-state index contributed by atoms with van der Waals surface area (Å²) in [6, 6.07) is 14.3. The minimum absolute atomic E-state index is 0.105. The molecule has 138 valence electrons. The van der Waals surface area contributed by atoms with Crippen molar-refractivity contribution in [3.05, 3.63) is 59.8 Å². The van der Waals surface area contributed by atoms with Gasteiger partial charge in [-0.2, -0.15) is 10.2 Å². The number of aromatic amines is 1. The number of phenolic OH excluding ortho intramolecular Hbond substituents is 1. The lowest BCUT2D eigenvalue weighted by Crippen LogP contribution is -2.18. The quantitative estimate of drug-likeness (QED) is 0.459. The number of nitrogens with zero attached hydrogens (tertiary/aromatic N) is 2. The highest BCUT2D eigenvalue weighted by molar-refractivity contribution is 5.94. The highest BCUT2D eigenvalue weighted by Gasteiger charge is 2.12. The molecule has 0 aliphatic heterocycles. The van der Waals surface area contributed by atoms with Crippen molar-refractivity contribution in [2.45, 2.75) is 0 Å². The molecule has 1 amide bonds. The Hall–Kier alpha value is -3.81. The Bertz CT molecular complexity index is 942. The largest absolute Gasteiger partial charge is 0.502 e. The molecule has 0 saturated carbocycles. The Morgan fingerprint density at radius 1 is 1.15 bits per heavy atom. The fourth-order valence-electron chi connectivity index (χ4n) is 2.41. The van der Waals surface area contributed by atoms with Gasteiger partial charge in [-0.3, -0.25) is 9.89 Å². The van der Waals surface area contributed by atoms with Gasteiger partial charge in [0, 0.05) is 11.1 Å². The van der Waals surface area contributed by atoms with Crippen molar-refractivity contribution in [1.82, 2.24) is 15.6 Å². The molecule has 1 heterocycles. The van der Waals surface area contributed by atoms with Crippen molar-refractivity contribution in [2.24, 2.45) is 5.10 Å². The summed E-state index contributed by atoms with van der Waals surface area (Å²) < 4.78 is 10.2. The van der Waals surface area contributed by atoms with Gasteiger partial charge in [-0.25, -0.2) is 5.43 Å². The average Bonchev–Trinajstić information content (AvgIpc) is 3.20. The smallest absolute Gasteiger partial charge is 0.289 e. The number of amides is 1. The third kappa shape index (κ3) is 4.06. The van der Waals surface area contributed by atoms with E-state index < -0.39 is 5.91 Å². The monoisotopic (exact) mass is 366 g/mol. The van der Waals surface area contributed by atoms with E-state index >= 15 is 0 Å². The number of carbonyl (C=O) groups excluding carboxylic acids is 1. The molecule has 8 heteroatoms. The molecule has 8 nitrogen and oxygen atoms in total. The minimum atomic E-state index is -0.432. The Labute approximate surface area is 155 Å². The molecule has 3 aromatic rings. The zero-order valence-electron chi connectivity index (χ0n) is 14.8. The molecule has 0 unspecified atom stereocenters. The summed E-state index contributed by atoms with van der Waals surface area (Å²) in [7, 11) is 2.86. The fraction of sp³-hybridized carbons (Fsp3) is 0.105. The Kier molecular flexibility index (Phi) is 5.36. The number of nitrogens with one attached hydrogen (secondary N) is 2. The fourth-order valence-corrected chi connectivity index (χ4v) is 2.41.